The molecular formula is C16H25N3O. The number of ether oxygens (including phenoxy) is 1. The van der Waals surface area contributed by atoms with E-state index in [-0.39, 0.29) is 18.1 Å². The molecule has 1 rings (SSSR count). The standard InChI is InChI=1S/C16H25N3O/c1-5-14(18)16(19(3)12(2)10-11-17)13-8-6-7-9-15(13)20-4/h6-9,12,14,16H,5,10,18H2,1-4H3. The molecule has 1 aromatic carbocycles. The molecule has 0 heterocycles. The minimum Gasteiger partial charge on any atom is -0.496 e. The number of hydrogen-bond donors (Lipinski definition) is 1. The lowest BCUT2D eigenvalue weighted by atomic mass is 9.94. The van der Waals surface area contributed by atoms with E-state index in [0.717, 1.165) is 17.7 Å². The summed E-state index contributed by atoms with van der Waals surface area (Å²) in [5.41, 5.74) is 7.41. The van der Waals surface area contributed by atoms with Gasteiger partial charge in [-0.1, -0.05) is 25.1 Å². The Balaban J connectivity index is 3.15. The smallest absolute Gasteiger partial charge is 0.123 e. The van der Waals surface area contributed by atoms with Crippen LogP contribution < -0.4 is 10.5 Å². The van der Waals surface area contributed by atoms with Crippen LogP contribution in [0.4, 0.5) is 0 Å². The molecule has 0 aliphatic rings. The molecule has 20 heavy (non-hydrogen) atoms. The summed E-state index contributed by atoms with van der Waals surface area (Å²) in [6.45, 7) is 4.13. The van der Waals surface area contributed by atoms with Crippen LogP contribution in [0.25, 0.3) is 0 Å². The fourth-order valence-electron chi connectivity index (χ4n) is 2.44. The van der Waals surface area contributed by atoms with Gasteiger partial charge in [-0.15, -0.1) is 0 Å². The van der Waals surface area contributed by atoms with Crippen molar-refractivity contribution in [1.82, 2.24) is 4.90 Å². The van der Waals surface area contributed by atoms with Crippen molar-refractivity contribution in [3.05, 3.63) is 29.8 Å². The Morgan fingerprint density at radius 2 is 2.05 bits per heavy atom. The van der Waals surface area contributed by atoms with Crippen molar-refractivity contribution in [2.75, 3.05) is 14.2 Å². The monoisotopic (exact) mass is 275 g/mol. The molecular weight excluding hydrogens is 250 g/mol. The minimum absolute atomic E-state index is 0.00237. The fraction of sp³-hybridized carbons (Fsp3) is 0.562. The van der Waals surface area contributed by atoms with Crippen molar-refractivity contribution in [2.24, 2.45) is 5.73 Å². The largest absolute Gasteiger partial charge is 0.496 e. The van der Waals surface area contributed by atoms with E-state index in [1.807, 2.05) is 32.2 Å². The zero-order valence-corrected chi connectivity index (χ0v) is 12.8. The first-order chi connectivity index (χ1) is 9.56. The normalized spacial score (nSPS) is 15.4. The maximum Gasteiger partial charge on any atom is 0.123 e. The van der Waals surface area contributed by atoms with E-state index >= 15 is 0 Å². The van der Waals surface area contributed by atoms with E-state index < -0.39 is 0 Å². The molecule has 4 nitrogen and oxygen atoms in total. The van der Waals surface area contributed by atoms with E-state index in [0.29, 0.717) is 6.42 Å². The van der Waals surface area contributed by atoms with Gasteiger partial charge >= 0.3 is 0 Å². The molecule has 4 heteroatoms. The highest BCUT2D eigenvalue weighted by Crippen LogP contribution is 2.32. The van der Waals surface area contributed by atoms with Gasteiger partial charge in [-0.05, 0) is 26.5 Å². The van der Waals surface area contributed by atoms with Crippen LogP contribution in [-0.2, 0) is 0 Å². The number of benzene rings is 1. The molecule has 0 fully saturated rings. The summed E-state index contributed by atoms with van der Waals surface area (Å²) in [7, 11) is 3.70. The molecule has 0 radical (unpaired) electrons. The van der Waals surface area contributed by atoms with Crippen LogP contribution in [0.5, 0.6) is 5.75 Å². The Kier molecular flexibility index (Phi) is 6.50. The third-order valence-electron chi connectivity index (χ3n) is 3.86. The molecule has 0 aromatic heterocycles. The summed E-state index contributed by atoms with van der Waals surface area (Å²) in [6.07, 6.45) is 1.35. The zero-order valence-electron chi connectivity index (χ0n) is 12.8. The van der Waals surface area contributed by atoms with Crippen LogP contribution in [0.2, 0.25) is 0 Å². The molecule has 3 atom stereocenters. The Morgan fingerprint density at radius 1 is 1.40 bits per heavy atom. The average Bonchev–Trinajstić information content (AvgIpc) is 2.47. The van der Waals surface area contributed by atoms with E-state index in [2.05, 4.69) is 24.0 Å². The lowest BCUT2D eigenvalue weighted by molar-refractivity contribution is 0.157. The predicted molar refractivity (Wildman–Crippen MR) is 81.5 cm³/mol. The van der Waals surface area contributed by atoms with Gasteiger partial charge < -0.3 is 10.5 Å². The Hall–Kier alpha value is -1.57. The average molecular weight is 275 g/mol. The molecule has 0 saturated carbocycles. The Bertz CT molecular complexity index is 455. The quantitative estimate of drug-likeness (QED) is 0.831. The lowest BCUT2D eigenvalue weighted by Gasteiger charge is -2.36. The van der Waals surface area contributed by atoms with Gasteiger partial charge in [0, 0.05) is 17.6 Å². The van der Waals surface area contributed by atoms with Crippen molar-refractivity contribution in [2.45, 2.75) is 44.8 Å². The molecule has 0 saturated heterocycles. The topological polar surface area (TPSA) is 62.3 Å². The molecule has 0 aliphatic carbocycles. The van der Waals surface area contributed by atoms with Crippen molar-refractivity contribution in [1.29, 1.82) is 5.26 Å². The van der Waals surface area contributed by atoms with Crippen LogP contribution in [-0.4, -0.2) is 31.1 Å². The van der Waals surface area contributed by atoms with E-state index in [1.54, 1.807) is 7.11 Å². The summed E-state index contributed by atoms with van der Waals surface area (Å²) in [5, 5.41) is 8.90. The summed E-state index contributed by atoms with van der Waals surface area (Å²) < 4.78 is 5.46. The van der Waals surface area contributed by atoms with Crippen molar-refractivity contribution < 1.29 is 4.74 Å². The number of nitrogens with two attached hydrogens (primary N) is 1. The fourth-order valence-corrected chi connectivity index (χ4v) is 2.44. The first-order valence-corrected chi connectivity index (χ1v) is 7.04. The van der Waals surface area contributed by atoms with Crippen molar-refractivity contribution in [3.8, 4) is 11.8 Å². The van der Waals surface area contributed by atoms with Crippen LogP contribution in [0.15, 0.2) is 24.3 Å². The molecule has 0 bridgehead atoms. The first-order valence-electron chi connectivity index (χ1n) is 7.04. The van der Waals surface area contributed by atoms with Gasteiger partial charge in [0.2, 0.25) is 0 Å². The number of rotatable bonds is 7. The maximum absolute atomic E-state index is 8.90. The predicted octanol–water partition coefficient (Wildman–Crippen LogP) is 2.71. The van der Waals surface area contributed by atoms with Gasteiger partial charge in [0.25, 0.3) is 0 Å². The highest BCUT2D eigenvalue weighted by atomic mass is 16.5. The molecule has 0 aliphatic heterocycles. The minimum atomic E-state index is -0.00237. The number of para-hydroxylation sites is 1. The summed E-state index contributed by atoms with van der Waals surface area (Å²) >= 11 is 0. The number of nitrogens with zero attached hydrogens (tertiary/aromatic N) is 2. The van der Waals surface area contributed by atoms with E-state index in [9.17, 15) is 0 Å². The van der Waals surface area contributed by atoms with Gasteiger partial charge in [-0.25, -0.2) is 0 Å². The van der Waals surface area contributed by atoms with Gasteiger partial charge in [-0.2, -0.15) is 5.26 Å². The number of methoxy groups -OCH3 is 1. The van der Waals surface area contributed by atoms with Crippen LogP contribution in [0, 0.1) is 11.3 Å². The lowest BCUT2D eigenvalue weighted by Crippen LogP contribution is -2.43. The van der Waals surface area contributed by atoms with Gasteiger partial charge in [0.05, 0.1) is 25.6 Å². The second kappa shape index (κ2) is 7.88. The van der Waals surface area contributed by atoms with Crippen molar-refractivity contribution in [3.63, 3.8) is 0 Å². The molecule has 1 aromatic rings. The van der Waals surface area contributed by atoms with E-state index in [4.69, 9.17) is 15.7 Å². The van der Waals surface area contributed by atoms with Gasteiger partial charge in [-0.3, -0.25) is 4.90 Å². The second-order valence-electron chi connectivity index (χ2n) is 5.14. The zero-order chi connectivity index (χ0) is 15.1. The maximum atomic E-state index is 8.90. The third kappa shape index (κ3) is 3.72. The second-order valence-corrected chi connectivity index (χ2v) is 5.14. The van der Waals surface area contributed by atoms with Crippen LogP contribution >= 0.6 is 0 Å². The Labute approximate surface area is 122 Å². The van der Waals surface area contributed by atoms with Crippen LogP contribution in [0.3, 0.4) is 0 Å². The molecule has 110 valence electrons. The molecule has 2 N–H and O–H groups in total. The third-order valence-corrected chi connectivity index (χ3v) is 3.86. The number of likely N-dealkylation sites (N-methyl/N-ethyl adjacent to an activating group) is 1. The number of hydrogen-bond acceptors (Lipinski definition) is 4. The highest BCUT2D eigenvalue weighted by molar-refractivity contribution is 5.37. The summed E-state index contributed by atoms with van der Waals surface area (Å²) in [5.74, 6) is 0.845. The highest BCUT2D eigenvalue weighted by Gasteiger charge is 2.28. The number of nitriles is 1. The SMILES string of the molecule is CCC(N)C(c1ccccc1OC)N(C)C(C)CC#N. The van der Waals surface area contributed by atoms with E-state index in [1.165, 1.54) is 0 Å². The van der Waals surface area contributed by atoms with Gasteiger partial charge in [0.1, 0.15) is 5.75 Å². The first kappa shape index (κ1) is 16.5. The molecule has 0 amide bonds. The van der Waals surface area contributed by atoms with Gasteiger partial charge in [0.15, 0.2) is 0 Å². The summed E-state index contributed by atoms with van der Waals surface area (Å²) in [6, 6.07) is 10.4. The summed E-state index contributed by atoms with van der Waals surface area (Å²) in [4.78, 5) is 2.18. The van der Waals surface area contributed by atoms with Crippen LogP contribution in [0.1, 0.15) is 38.3 Å². The Morgan fingerprint density at radius 3 is 2.60 bits per heavy atom. The molecule has 3 unspecified atom stereocenters. The molecule has 0 spiro atoms. The van der Waals surface area contributed by atoms with Crippen molar-refractivity contribution >= 4 is 0 Å².